The molecule has 1 aliphatic heterocycles. The van der Waals surface area contributed by atoms with Crippen molar-refractivity contribution in [2.75, 3.05) is 33.2 Å². The highest BCUT2D eigenvalue weighted by atomic mass is 32.1. The molecule has 2 N–H and O–H groups in total. The summed E-state index contributed by atoms with van der Waals surface area (Å²) in [5.41, 5.74) is 1.32. The van der Waals surface area contributed by atoms with E-state index in [0.717, 1.165) is 32.6 Å². The van der Waals surface area contributed by atoms with Gasteiger partial charge in [0.15, 0.2) is 0 Å². The van der Waals surface area contributed by atoms with Crippen LogP contribution in [0.25, 0.3) is 0 Å². The van der Waals surface area contributed by atoms with Gasteiger partial charge in [-0.3, -0.25) is 9.69 Å². The minimum Gasteiger partial charge on any atom is -0.354 e. The van der Waals surface area contributed by atoms with Gasteiger partial charge in [0.2, 0.25) is 5.91 Å². The van der Waals surface area contributed by atoms with E-state index in [4.69, 9.17) is 0 Å². The molecule has 1 aliphatic rings. The minimum absolute atomic E-state index is 0.0248. The van der Waals surface area contributed by atoms with Crippen LogP contribution in [-0.4, -0.2) is 50.1 Å². The lowest BCUT2D eigenvalue weighted by Crippen LogP contribution is -2.56. The molecule has 2 rings (SSSR count). The number of hydrogen-bond acceptors (Lipinski definition) is 4. The molecule has 0 bridgehead atoms. The molecule has 0 radical (unpaired) electrons. The van der Waals surface area contributed by atoms with Gasteiger partial charge < -0.3 is 10.6 Å². The first-order chi connectivity index (χ1) is 8.68. The minimum atomic E-state index is -0.0248. The fraction of sp³-hybridized carbons (Fsp3) is 0.615. The lowest BCUT2D eigenvalue weighted by atomic mass is 10.2. The number of carbonyl (C=O) groups is 1. The number of piperazine rings is 1. The van der Waals surface area contributed by atoms with Crippen LogP contribution in [0.1, 0.15) is 10.4 Å². The molecule has 1 aromatic rings. The topological polar surface area (TPSA) is 44.4 Å². The Kier molecular flexibility index (Phi) is 4.74. The van der Waals surface area contributed by atoms with Gasteiger partial charge in [-0.25, -0.2) is 0 Å². The number of carbonyl (C=O) groups excluding carboxylic acids is 1. The summed E-state index contributed by atoms with van der Waals surface area (Å²) in [6.45, 7) is 5.49. The van der Waals surface area contributed by atoms with Crippen molar-refractivity contribution < 1.29 is 4.79 Å². The fourth-order valence-electron chi connectivity index (χ4n) is 2.18. The van der Waals surface area contributed by atoms with E-state index >= 15 is 0 Å². The zero-order valence-electron chi connectivity index (χ0n) is 11.0. The lowest BCUT2D eigenvalue weighted by Gasteiger charge is -2.31. The highest BCUT2D eigenvalue weighted by molar-refractivity contribution is 7.10. The van der Waals surface area contributed by atoms with E-state index in [9.17, 15) is 4.79 Å². The van der Waals surface area contributed by atoms with E-state index in [-0.39, 0.29) is 11.9 Å². The second-order valence-corrected chi connectivity index (χ2v) is 5.77. The van der Waals surface area contributed by atoms with Crippen LogP contribution < -0.4 is 10.6 Å². The summed E-state index contributed by atoms with van der Waals surface area (Å²) < 4.78 is 0. The monoisotopic (exact) mass is 267 g/mol. The van der Waals surface area contributed by atoms with Crippen LogP contribution in [0.3, 0.4) is 0 Å². The van der Waals surface area contributed by atoms with Gasteiger partial charge in [-0.2, -0.15) is 0 Å². The number of rotatable bonds is 4. The Morgan fingerprint density at radius 2 is 2.50 bits per heavy atom. The molecule has 0 aliphatic carbocycles. The zero-order valence-corrected chi connectivity index (χ0v) is 11.8. The number of amides is 1. The smallest absolute Gasteiger partial charge is 0.238 e. The summed E-state index contributed by atoms with van der Waals surface area (Å²) in [5.74, 6) is 0.138. The summed E-state index contributed by atoms with van der Waals surface area (Å²) >= 11 is 1.76. The van der Waals surface area contributed by atoms with Crippen LogP contribution in [0.2, 0.25) is 0 Å². The van der Waals surface area contributed by atoms with E-state index in [2.05, 4.69) is 33.9 Å². The van der Waals surface area contributed by atoms with Gasteiger partial charge in [0.25, 0.3) is 0 Å². The van der Waals surface area contributed by atoms with E-state index in [1.165, 1.54) is 10.4 Å². The number of aryl methyl sites for hydroxylation is 1. The van der Waals surface area contributed by atoms with E-state index in [1.54, 1.807) is 11.3 Å². The average molecular weight is 267 g/mol. The molecule has 1 amide bonds. The van der Waals surface area contributed by atoms with Gasteiger partial charge in [0.05, 0.1) is 0 Å². The second kappa shape index (κ2) is 6.31. The second-order valence-electron chi connectivity index (χ2n) is 4.77. The third-order valence-corrected chi connectivity index (χ3v) is 4.52. The van der Waals surface area contributed by atoms with Gasteiger partial charge in [-0.1, -0.05) is 0 Å². The summed E-state index contributed by atoms with van der Waals surface area (Å²) in [6.07, 6.45) is 0.930. The standard InChI is InChI=1S/C13H21N3OS/c1-10-4-8-18-12(10)3-5-15-13(17)11-9-14-6-7-16(11)2/h4,8,11,14H,3,5-7,9H2,1-2H3,(H,15,17). The Hall–Kier alpha value is -0.910. The maximum atomic E-state index is 12.0. The molecule has 5 heteroatoms. The zero-order chi connectivity index (χ0) is 13.0. The van der Waals surface area contributed by atoms with Gasteiger partial charge >= 0.3 is 0 Å². The molecular formula is C13H21N3OS. The van der Waals surface area contributed by atoms with E-state index in [1.807, 2.05) is 7.05 Å². The van der Waals surface area contributed by atoms with Crippen molar-refractivity contribution >= 4 is 17.2 Å². The summed E-state index contributed by atoms with van der Waals surface area (Å²) in [5, 5.41) is 8.40. The Labute approximate surface area is 112 Å². The fourth-order valence-corrected chi connectivity index (χ4v) is 3.09. The van der Waals surface area contributed by atoms with Crippen molar-refractivity contribution in [3.63, 3.8) is 0 Å². The van der Waals surface area contributed by atoms with Gasteiger partial charge in [-0.05, 0) is 37.4 Å². The van der Waals surface area contributed by atoms with Crippen LogP contribution in [0.4, 0.5) is 0 Å². The van der Waals surface area contributed by atoms with Crippen molar-refractivity contribution in [2.24, 2.45) is 0 Å². The largest absolute Gasteiger partial charge is 0.354 e. The summed E-state index contributed by atoms with van der Waals surface area (Å²) in [4.78, 5) is 15.5. The third kappa shape index (κ3) is 3.31. The first-order valence-electron chi connectivity index (χ1n) is 6.40. The van der Waals surface area contributed by atoms with Crippen molar-refractivity contribution in [1.29, 1.82) is 0 Å². The molecule has 100 valence electrons. The molecule has 1 fully saturated rings. The molecule has 2 heterocycles. The van der Waals surface area contributed by atoms with Crippen LogP contribution in [0, 0.1) is 6.92 Å². The van der Waals surface area contributed by atoms with Gasteiger partial charge in [0, 0.05) is 31.1 Å². The van der Waals surface area contributed by atoms with Crippen LogP contribution in [0.5, 0.6) is 0 Å². The average Bonchev–Trinajstić information content (AvgIpc) is 2.75. The normalized spacial score (nSPS) is 20.9. The van der Waals surface area contributed by atoms with Crippen molar-refractivity contribution in [1.82, 2.24) is 15.5 Å². The molecule has 1 unspecified atom stereocenters. The third-order valence-electron chi connectivity index (χ3n) is 3.43. The molecule has 0 saturated carbocycles. The van der Waals surface area contributed by atoms with Crippen molar-refractivity contribution in [3.8, 4) is 0 Å². The predicted octanol–water partition coefficient (Wildman–Crippen LogP) is 0.619. The Morgan fingerprint density at radius 3 is 3.17 bits per heavy atom. The summed E-state index contributed by atoms with van der Waals surface area (Å²) in [7, 11) is 2.01. The van der Waals surface area contributed by atoms with Crippen LogP contribution in [0.15, 0.2) is 11.4 Å². The van der Waals surface area contributed by atoms with Crippen LogP contribution in [-0.2, 0) is 11.2 Å². The van der Waals surface area contributed by atoms with Crippen molar-refractivity contribution in [2.45, 2.75) is 19.4 Å². The number of nitrogens with one attached hydrogen (secondary N) is 2. The van der Waals surface area contributed by atoms with E-state index < -0.39 is 0 Å². The molecule has 1 atom stereocenters. The molecule has 1 aromatic heterocycles. The lowest BCUT2D eigenvalue weighted by molar-refractivity contribution is -0.126. The highest BCUT2D eigenvalue weighted by Crippen LogP contribution is 2.15. The summed E-state index contributed by atoms with van der Waals surface area (Å²) in [6, 6.07) is 2.10. The molecular weight excluding hydrogens is 246 g/mol. The predicted molar refractivity (Wildman–Crippen MR) is 75.1 cm³/mol. The number of likely N-dealkylation sites (N-methyl/N-ethyl adjacent to an activating group) is 1. The van der Waals surface area contributed by atoms with Gasteiger partial charge in [0.1, 0.15) is 6.04 Å². The molecule has 18 heavy (non-hydrogen) atoms. The Bertz CT molecular complexity index is 405. The van der Waals surface area contributed by atoms with Gasteiger partial charge in [-0.15, -0.1) is 11.3 Å². The van der Waals surface area contributed by atoms with Crippen LogP contribution >= 0.6 is 11.3 Å². The Balaban J connectivity index is 1.76. The maximum absolute atomic E-state index is 12.0. The SMILES string of the molecule is Cc1ccsc1CCNC(=O)C1CNCCN1C. The highest BCUT2D eigenvalue weighted by Gasteiger charge is 2.25. The Morgan fingerprint density at radius 1 is 1.67 bits per heavy atom. The quantitative estimate of drug-likeness (QED) is 0.840. The molecule has 0 aromatic carbocycles. The molecule has 0 spiro atoms. The number of hydrogen-bond donors (Lipinski definition) is 2. The number of nitrogens with zero attached hydrogens (tertiary/aromatic N) is 1. The number of thiophene rings is 1. The first-order valence-corrected chi connectivity index (χ1v) is 7.28. The first kappa shape index (κ1) is 13.5. The van der Waals surface area contributed by atoms with E-state index in [0.29, 0.717) is 0 Å². The maximum Gasteiger partial charge on any atom is 0.238 e. The molecule has 1 saturated heterocycles. The molecule has 4 nitrogen and oxygen atoms in total. The van der Waals surface area contributed by atoms with Crippen molar-refractivity contribution in [3.05, 3.63) is 21.9 Å².